The van der Waals surface area contributed by atoms with Crippen molar-refractivity contribution < 1.29 is 14.3 Å². The van der Waals surface area contributed by atoms with Gasteiger partial charge < -0.3 is 9.47 Å². The number of aromatic nitrogens is 2. The molecule has 0 saturated heterocycles. The number of carbonyl (C=O) groups excluding carboxylic acids is 1. The smallest absolute Gasteiger partial charge is 0.344 e. The highest BCUT2D eigenvalue weighted by atomic mass is 16.5. The minimum Gasteiger partial charge on any atom is -0.494 e. The summed E-state index contributed by atoms with van der Waals surface area (Å²) in [4.78, 5) is 12.6. The quantitative estimate of drug-likeness (QED) is 0.389. The van der Waals surface area contributed by atoms with Crippen LogP contribution in [0.25, 0.3) is 5.69 Å². The SMILES string of the molecule is CCCCOc1ccc(C(=O)Oc2cc(C(C)C)nn2-c2ccccc2)cc1. The van der Waals surface area contributed by atoms with Gasteiger partial charge in [0.2, 0.25) is 5.88 Å². The number of unbranched alkanes of at least 4 members (excludes halogenated alkanes) is 1. The molecule has 0 unspecified atom stereocenters. The number of carbonyl (C=O) groups is 1. The zero-order valence-electron chi connectivity index (χ0n) is 16.6. The lowest BCUT2D eigenvalue weighted by atomic mass is 10.1. The number of rotatable bonds is 8. The van der Waals surface area contributed by atoms with Crippen LogP contribution >= 0.6 is 0 Å². The van der Waals surface area contributed by atoms with Gasteiger partial charge in [0, 0.05) is 6.07 Å². The first-order valence-corrected chi connectivity index (χ1v) is 9.69. The second kappa shape index (κ2) is 9.22. The third kappa shape index (κ3) is 4.80. The summed E-state index contributed by atoms with van der Waals surface area (Å²) in [7, 11) is 0. The zero-order chi connectivity index (χ0) is 19.9. The lowest BCUT2D eigenvalue weighted by molar-refractivity contribution is 0.0723. The Morgan fingerprint density at radius 2 is 1.79 bits per heavy atom. The molecule has 2 aromatic carbocycles. The van der Waals surface area contributed by atoms with Gasteiger partial charge in [-0.3, -0.25) is 0 Å². The fourth-order valence-corrected chi connectivity index (χ4v) is 2.67. The van der Waals surface area contributed by atoms with Crippen LogP contribution < -0.4 is 9.47 Å². The molecule has 0 N–H and O–H groups in total. The lowest BCUT2D eigenvalue weighted by Crippen LogP contribution is -2.11. The van der Waals surface area contributed by atoms with E-state index in [1.807, 2.05) is 36.4 Å². The largest absolute Gasteiger partial charge is 0.494 e. The van der Waals surface area contributed by atoms with Gasteiger partial charge in [0.25, 0.3) is 0 Å². The second-order valence-electron chi connectivity index (χ2n) is 6.93. The first-order valence-electron chi connectivity index (χ1n) is 9.69. The molecule has 1 aromatic heterocycles. The number of nitrogens with zero attached hydrogens (tertiary/aromatic N) is 2. The standard InChI is InChI=1S/C23H26N2O3/c1-4-5-15-27-20-13-11-18(12-14-20)23(26)28-22-16-21(17(2)3)24-25(22)19-9-7-6-8-10-19/h6-14,16-17H,4-5,15H2,1-3H3. The third-order valence-corrected chi connectivity index (χ3v) is 4.34. The molecular weight excluding hydrogens is 352 g/mol. The Bertz CT molecular complexity index is 899. The zero-order valence-corrected chi connectivity index (χ0v) is 16.6. The van der Waals surface area contributed by atoms with Crippen LogP contribution in [-0.2, 0) is 0 Å². The topological polar surface area (TPSA) is 53.4 Å². The van der Waals surface area contributed by atoms with Crippen molar-refractivity contribution in [1.29, 1.82) is 0 Å². The van der Waals surface area contributed by atoms with Crippen molar-refractivity contribution in [2.24, 2.45) is 0 Å². The summed E-state index contributed by atoms with van der Waals surface area (Å²) in [6.45, 7) is 6.91. The molecule has 146 valence electrons. The van der Waals surface area contributed by atoms with Crippen LogP contribution in [0.2, 0.25) is 0 Å². The van der Waals surface area contributed by atoms with Crippen molar-refractivity contribution in [2.75, 3.05) is 6.61 Å². The minimum absolute atomic E-state index is 0.224. The van der Waals surface area contributed by atoms with Crippen molar-refractivity contribution >= 4 is 5.97 Å². The van der Waals surface area contributed by atoms with Gasteiger partial charge in [0.15, 0.2) is 0 Å². The number of benzene rings is 2. The highest BCUT2D eigenvalue weighted by Gasteiger charge is 2.17. The van der Waals surface area contributed by atoms with Crippen molar-refractivity contribution in [3.63, 3.8) is 0 Å². The van der Waals surface area contributed by atoms with E-state index in [0.29, 0.717) is 18.1 Å². The Morgan fingerprint density at radius 3 is 2.43 bits per heavy atom. The summed E-state index contributed by atoms with van der Waals surface area (Å²) in [6, 6.07) is 18.5. The second-order valence-corrected chi connectivity index (χ2v) is 6.93. The predicted molar refractivity (Wildman–Crippen MR) is 109 cm³/mol. The van der Waals surface area contributed by atoms with E-state index in [2.05, 4.69) is 25.9 Å². The molecule has 3 aromatic rings. The van der Waals surface area contributed by atoms with E-state index in [4.69, 9.17) is 9.47 Å². The first kappa shape index (κ1) is 19.7. The Labute approximate surface area is 165 Å². The average Bonchev–Trinajstić information content (AvgIpc) is 3.13. The van der Waals surface area contributed by atoms with Crippen LogP contribution in [-0.4, -0.2) is 22.4 Å². The summed E-state index contributed by atoms with van der Waals surface area (Å²) in [5, 5.41) is 4.60. The molecule has 3 rings (SSSR count). The van der Waals surface area contributed by atoms with Gasteiger partial charge in [-0.15, -0.1) is 0 Å². The summed E-state index contributed by atoms with van der Waals surface area (Å²) in [6.07, 6.45) is 2.09. The van der Waals surface area contributed by atoms with Crippen LogP contribution in [0.15, 0.2) is 60.7 Å². The lowest BCUT2D eigenvalue weighted by Gasteiger charge is -2.09. The highest BCUT2D eigenvalue weighted by Crippen LogP contribution is 2.25. The van der Waals surface area contributed by atoms with Crippen molar-refractivity contribution in [2.45, 2.75) is 39.5 Å². The van der Waals surface area contributed by atoms with Gasteiger partial charge in [-0.05, 0) is 48.7 Å². The van der Waals surface area contributed by atoms with Crippen LogP contribution in [0.3, 0.4) is 0 Å². The maximum Gasteiger partial charge on any atom is 0.344 e. The fraction of sp³-hybridized carbons (Fsp3) is 0.304. The molecule has 0 aliphatic carbocycles. The summed E-state index contributed by atoms with van der Waals surface area (Å²) < 4.78 is 13.0. The van der Waals surface area contributed by atoms with Crippen LogP contribution in [0.1, 0.15) is 55.6 Å². The van der Waals surface area contributed by atoms with Gasteiger partial charge in [0.05, 0.1) is 23.6 Å². The number of ether oxygens (including phenoxy) is 2. The number of hydrogen-bond acceptors (Lipinski definition) is 4. The highest BCUT2D eigenvalue weighted by molar-refractivity contribution is 5.91. The summed E-state index contributed by atoms with van der Waals surface area (Å²) in [5.74, 6) is 0.957. The normalized spacial score (nSPS) is 10.9. The third-order valence-electron chi connectivity index (χ3n) is 4.34. The van der Waals surface area contributed by atoms with Crippen LogP contribution in [0.5, 0.6) is 11.6 Å². The van der Waals surface area contributed by atoms with Gasteiger partial charge in [-0.2, -0.15) is 5.10 Å². The Kier molecular flexibility index (Phi) is 6.48. The van der Waals surface area contributed by atoms with Gasteiger partial charge >= 0.3 is 5.97 Å². The van der Waals surface area contributed by atoms with Gasteiger partial charge in [-0.1, -0.05) is 45.4 Å². The Morgan fingerprint density at radius 1 is 1.07 bits per heavy atom. The molecule has 0 aliphatic rings. The number of para-hydroxylation sites is 1. The molecule has 5 heteroatoms. The predicted octanol–water partition coefficient (Wildman–Crippen LogP) is 5.39. The van der Waals surface area contributed by atoms with Crippen molar-refractivity contribution in [3.8, 4) is 17.3 Å². The molecule has 0 saturated carbocycles. The minimum atomic E-state index is -0.424. The molecular formula is C23H26N2O3. The van der Waals surface area contributed by atoms with E-state index < -0.39 is 5.97 Å². The summed E-state index contributed by atoms with van der Waals surface area (Å²) >= 11 is 0. The van der Waals surface area contributed by atoms with E-state index in [9.17, 15) is 4.79 Å². The average molecular weight is 378 g/mol. The maximum absolute atomic E-state index is 12.6. The maximum atomic E-state index is 12.6. The fourth-order valence-electron chi connectivity index (χ4n) is 2.67. The molecule has 1 heterocycles. The van der Waals surface area contributed by atoms with E-state index in [1.54, 1.807) is 28.9 Å². The number of hydrogen-bond donors (Lipinski definition) is 0. The Balaban J connectivity index is 1.78. The molecule has 0 spiro atoms. The molecule has 0 bridgehead atoms. The van der Waals surface area contributed by atoms with Crippen molar-refractivity contribution in [1.82, 2.24) is 9.78 Å². The monoisotopic (exact) mass is 378 g/mol. The molecule has 0 fully saturated rings. The molecule has 0 amide bonds. The molecule has 28 heavy (non-hydrogen) atoms. The number of esters is 1. The van der Waals surface area contributed by atoms with E-state index >= 15 is 0 Å². The van der Waals surface area contributed by atoms with Crippen LogP contribution in [0.4, 0.5) is 0 Å². The van der Waals surface area contributed by atoms with E-state index in [0.717, 1.165) is 30.0 Å². The van der Waals surface area contributed by atoms with Crippen molar-refractivity contribution in [3.05, 3.63) is 71.9 Å². The molecule has 0 atom stereocenters. The van der Waals surface area contributed by atoms with Gasteiger partial charge in [-0.25, -0.2) is 9.48 Å². The van der Waals surface area contributed by atoms with Crippen LogP contribution in [0, 0.1) is 0 Å². The Hall–Kier alpha value is -3.08. The van der Waals surface area contributed by atoms with E-state index in [1.165, 1.54) is 0 Å². The molecule has 0 aliphatic heterocycles. The first-order chi connectivity index (χ1) is 13.6. The molecule has 5 nitrogen and oxygen atoms in total. The van der Waals surface area contributed by atoms with Gasteiger partial charge in [0.1, 0.15) is 5.75 Å². The summed E-state index contributed by atoms with van der Waals surface area (Å²) in [5.41, 5.74) is 2.18. The van der Waals surface area contributed by atoms with E-state index in [-0.39, 0.29) is 5.92 Å². The molecule has 0 radical (unpaired) electrons.